The van der Waals surface area contributed by atoms with Crippen LogP contribution in [0.5, 0.6) is 0 Å². The number of carbonyl (C=O) groups excluding carboxylic acids is 1. The molecule has 104 valence electrons. The van der Waals surface area contributed by atoms with Gasteiger partial charge in [0, 0.05) is 25.2 Å². The summed E-state index contributed by atoms with van der Waals surface area (Å²) in [5.41, 5.74) is 7.85. The second kappa shape index (κ2) is 4.26. The van der Waals surface area contributed by atoms with Crippen LogP contribution in [0.3, 0.4) is 0 Å². The fraction of sp³-hybridized carbons (Fsp3) is 0.562. The highest BCUT2D eigenvalue weighted by Crippen LogP contribution is 2.68. The van der Waals surface area contributed by atoms with Crippen molar-refractivity contribution in [3.8, 4) is 0 Å². The predicted molar refractivity (Wildman–Crippen MR) is 78.4 cm³/mol. The van der Waals surface area contributed by atoms with Crippen molar-refractivity contribution in [1.29, 1.82) is 0 Å². The zero-order valence-electron chi connectivity index (χ0n) is 12.5. The monoisotopic (exact) mass is 260 g/mol. The molecule has 1 amide bonds. The zero-order chi connectivity index (χ0) is 14.4. The largest absolute Gasteiger partial charge is 0.398 e. The van der Waals surface area contributed by atoms with Crippen LogP contribution in [0.15, 0.2) is 24.3 Å². The molecule has 0 aromatic heterocycles. The lowest BCUT2D eigenvalue weighted by atomic mass is 10.0. The maximum atomic E-state index is 12.5. The summed E-state index contributed by atoms with van der Waals surface area (Å²) in [5.74, 6) is 0.327. The molecule has 1 saturated carbocycles. The van der Waals surface area contributed by atoms with E-state index in [0.29, 0.717) is 6.54 Å². The molecule has 3 nitrogen and oxygen atoms in total. The molecule has 1 aromatic rings. The smallest absolute Gasteiger partial charge is 0.226 e. The topological polar surface area (TPSA) is 46.3 Å². The second-order valence-corrected chi connectivity index (χ2v) is 6.77. The number of benzene rings is 1. The minimum atomic E-state index is 0.0839. The summed E-state index contributed by atoms with van der Waals surface area (Å²) in [6, 6.07) is 7.71. The number of rotatable bonds is 3. The molecule has 19 heavy (non-hydrogen) atoms. The number of nitrogen functional groups attached to an aromatic ring is 1. The van der Waals surface area contributed by atoms with E-state index in [1.807, 2.05) is 31.3 Å². The minimum Gasteiger partial charge on any atom is -0.398 e. The Morgan fingerprint density at radius 3 is 2.21 bits per heavy atom. The highest BCUT2D eigenvalue weighted by molar-refractivity contribution is 5.84. The number of hydrogen-bond acceptors (Lipinski definition) is 2. The number of carbonyl (C=O) groups is 1. The Balaban J connectivity index is 2.08. The fourth-order valence-electron chi connectivity index (χ4n) is 3.05. The number of anilines is 1. The maximum absolute atomic E-state index is 12.5. The van der Waals surface area contributed by atoms with Crippen molar-refractivity contribution >= 4 is 11.6 Å². The van der Waals surface area contributed by atoms with Crippen molar-refractivity contribution in [2.75, 3.05) is 12.8 Å². The number of nitrogens with zero attached hydrogens (tertiary/aromatic N) is 1. The Morgan fingerprint density at radius 1 is 1.21 bits per heavy atom. The minimum absolute atomic E-state index is 0.0839. The summed E-state index contributed by atoms with van der Waals surface area (Å²) in [7, 11) is 1.86. The van der Waals surface area contributed by atoms with Crippen molar-refractivity contribution in [1.82, 2.24) is 4.90 Å². The van der Waals surface area contributed by atoms with Gasteiger partial charge in [-0.15, -0.1) is 0 Å². The lowest BCUT2D eigenvalue weighted by Gasteiger charge is -2.19. The van der Waals surface area contributed by atoms with Crippen molar-refractivity contribution in [3.63, 3.8) is 0 Å². The molecule has 1 aliphatic rings. The van der Waals surface area contributed by atoms with Crippen LogP contribution in [-0.4, -0.2) is 17.9 Å². The average molecular weight is 260 g/mol. The standard InChI is InChI=1S/C16H24N2O/c1-15(2)13(16(15,3)4)14(19)18(5)10-11-8-6-7-9-12(11)17/h6-9,13H,10,17H2,1-5H3. The van der Waals surface area contributed by atoms with Crippen LogP contribution in [0, 0.1) is 16.7 Å². The molecule has 3 heteroatoms. The van der Waals surface area contributed by atoms with E-state index in [0.717, 1.165) is 11.3 Å². The molecule has 0 bridgehead atoms. The number of para-hydroxylation sites is 1. The molecule has 1 aliphatic carbocycles. The summed E-state index contributed by atoms with van der Waals surface area (Å²) in [4.78, 5) is 14.3. The predicted octanol–water partition coefficient (Wildman–Crippen LogP) is 2.91. The van der Waals surface area contributed by atoms with Gasteiger partial charge in [0.05, 0.1) is 0 Å². The van der Waals surface area contributed by atoms with E-state index in [-0.39, 0.29) is 22.7 Å². The molecule has 0 unspecified atom stereocenters. The molecule has 0 saturated heterocycles. The quantitative estimate of drug-likeness (QED) is 0.849. The highest BCUT2D eigenvalue weighted by Gasteiger charge is 2.68. The van der Waals surface area contributed by atoms with E-state index >= 15 is 0 Å². The van der Waals surface area contributed by atoms with Gasteiger partial charge in [-0.2, -0.15) is 0 Å². The molecule has 0 atom stereocenters. The summed E-state index contributed by atoms with van der Waals surface area (Å²) in [6.45, 7) is 9.25. The summed E-state index contributed by atoms with van der Waals surface area (Å²) < 4.78 is 0. The molecule has 0 radical (unpaired) electrons. The molecule has 0 heterocycles. The summed E-state index contributed by atoms with van der Waals surface area (Å²) in [5, 5.41) is 0. The van der Waals surface area contributed by atoms with E-state index in [1.54, 1.807) is 4.90 Å². The van der Waals surface area contributed by atoms with E-state index < -0.39 is 0 Å². The van der Waals surface area contributed by atoms with Crippen LogP contribution in [-0.2, 0) is 11.3 Å². The van der Waals surface area contributed by atoms with Crippen LogP contribution in [0.25, 0.3) is 0 Å². The van der Waals surface area contributed by atoms with Gasteiger partial charge in [-0.25, -0.2) is 0 Å². The third-order valence-corrected chi connectivity index (χ3v) is 5.11. The maximum Gasteiger partial charge on any atom is 0.226 e. The van der Waals surface area contributed by atoms with Crippen LogP contribution in [0.1, 0.15) is 33.3 Å². The summed E-state index contributed by atoms with van der Waals surface area (Å²) >= 11 is 0. The molecule has 2 rings (SSSR count). The van der Waals surface area contributed by atoms with Gasteiger partial charge in [-0.1, -0.05) is 45.9 Å². The average Bonchev–Trinajstić information content (AvgIpc) is 2.72. The van der Waals surface area contributed by atoms with Gasteiger partial charge in [0.1, 0.15) is 0 Å². The third kappa shape index (κ3) is 2.11. The molecular formula is C16H24N2O. The molecule has 2 N–H and O–H groups in total. The normalized spacial score (nSPS) is 20.1. The summed E-state index contributed by atoms with van der Waals surface area (Å²) in [6.07, 6.45) is 0. The van der Waals surface area contributed by atoms with Gasteiger partial charge in [0.15, 0.2) is 0 Å². The van der Waals surface area contributed by atoms with Gasteiger partial charge in [-0.3, -0.25) is 4.79 Å². The molecule has 0 spiro atoms. The van der Waals surface area contributed by atoms with E-state index in [1.165, 1.54) is 0 Å². The van der Waals surface area contributed by atoms with Crippen molar-refractivity contribution in [2.24, 2.45) is 16.7 Å². The first-order valence-corrected chi connectivity index (χ1v) is 6.78. The van der Waals surface area contributed by atoms with E-state index in [4.69, 9.17) is 5.73 Å². The lowest BCUT2D eigenvalue weighted by molar-refractivity contribution is -0.133. The van der Waals surface area contributed by atoms with Gasteiger partial charge >= 0.3 is 0 Å². The van der Waals surface area contributed by atoms with Gasteiger partial charge in [-0.05, 0) is 22.5 Å². The van der Waals surface area contributed by atoms with E-state index in [2.05, 4.69) is 27.7 Å². The molecular weight excluding hydrogens is 236 g/mol. The molecule has 0 aliphatic heterocycles. The van der Waals surface area contributed by atoms with Crippen LogP contribution < -0.4 is 5.73 Å². The fourth-order valence-corrected chi connectivity index (χ4v) is 3.05. The number of hydrogen-bond donors (Lipinski definition) is 1. The van der Waals surface area contributed by atoms with Gasteiger partial charge < -0.3 is 10.6 Å². The first kappa shape index (κ1) is 13.9. The Kier molecular flexibility index (Phi) is 3.12. The number of nitrogens with two attached hydrogens (primary N) is 1. The third-order valence-electron chi connectivity index (χ3n) is 5.11. The van der Waals surface area contributed by atoms with Gasteiger partial charge in [0.25, 0.3) is 0 Å². The lowest BCUT2D eigenvalue weighted by Crippen LogP contribution is -2.30. The highest BCUT2D eigenvalue weighted by atomic mass is 16.2. The number of amides is 1. The Hall–Kier alpha value is -1.51. The van der Waals surface area contributed by atoms with Gasteiger partial charge in [0.2, 0.25) is 5.91 Å². The Labute approximate surface area is 115 Å². The van der Waals surface area contributed by atoms with Crippen molar-refractivity contribution in [3.05, 3.63) is 29.8 Å². The molecule has 1 aromatic carbocycles. The first-order chi connectivity index (χ1) is 8.69. The Morgan fingerprint density at radius 2 is 1.74 bits per heavy atom. The Bertz CT molecular complexity index is 491. The first-order valence-electron chi connectivity index (χ1n) is 6.78. The second-order valence-electron chi connectivity index (χ2n) is 6.77. The van der Waals surface area contributed by atoms with Crippen molar-refractivity contribution < 1.29 is 4.79 Å². The van der Waals surface area contributed by atoms with Crippen molar-refractivity contribution in [2.45, 2.75) is 34.2 Å². The zero-order valence-corrected chi connectivity index (χ0v) is 12.5. The van der Waals surface area contributed by atoms with E-state index in [9.17, 15) is 4.79 Å². The molecule has 1 fully saturated rings. The SMILES string of the molecule is CN(Cc1ccccc1N)C(=O)C1C(C)(C)C1(C)C. The van der Waals surface area contributed by atoms with Crippen LogP contribution >= 0.6 is 0 Å². The van der Waals surface area contributed by atoms with Crippen LogP contribution in [0.2, 0.25) is 0 Å². The van der Waals surface area contributed by atoms with Crippen LogP contribution in [0.4, 0.5) is 5.69 Å².